The molecule has 0 atom stereocenters. The van der Waals surface area contributed by atoms with Gasteiger partial charge in [-0.1, -0.05) is 38.1 Å². The largest absolute Gasteiger partial charge is 0.391 e. The van der Waals surface area contributed by atoms with Gasteiger partial charge in [0.1, 0.15) is 0 Å². The topological polar surface area (TPSA) is 33.1 Å². The molecule has 1 N–H and O–H groups in total. The van der Waals surface area contributed by atoms with E-state index in [1.807, 2.05) is 6.92 Å². The number of hydrogen-bond donors (Lipinski definition) is 1. The molecule has 0 aliphatic heterocycles. The van der Waals surface area contributed by atoms with Gasteiger partial charge in [-0.2, -0.15) is 0 Å². The summed E-state index contributed by atoms with van der Waals surface area (Å²) in [4.78, 5) is 5.43. The summed E-state index contributed by atoms with van der Waals surface area (Å²) in [7, 11) is 0. The fourth-order valence-corrected chi connectivity index (χ4v) is 2.65. The Morgan fingerprint density at radius 2 is 1.88 bits per heavy atom. The van der Waals surface area contributed by atoms with Crippen molar-refractivity contribution in [2.75, 3.05) is 0 Å². The minimum Gasteiger partial charge on any atom is -0.391 e. The molecular weight excluding hydrogens is 230 g/mol. The Morgan fingerprint density at radius 1 is 1.24 bits per heavy atom. The highest BCUT2D eigenvalue weighted by Crippen LogP contribution is 2.29. The highest BCUT2D eigenvalue weighted by atomic mass is 32.1. The SMILES string of the molecule is Cc1nc(-c2ccc(C(C)C)cc2)c(CO)s1. The molecule has 0 aliphatic rings. The summed E-state index contributed by atoms with van der Waals surface area (Å²) in [5, 5.41) is 10.3. The van der Waals surface area contributed by atoms with Gasteiger partial charge < -0.3 is 5.11 Å². The van der Waals surface area contributed by atoms with Crippen LogP contribution in [0.3, 0.4) is 0 Å². The predicted molar refractivity (Wildman–Crippen MR) is 72.3 cm³/mol. The number of thiazole rings is 1. The first-order valence-electron chi connectivity index (χ1n) is 5.79. The van der Waals surface area contributed by atoms with E-state index in [4.69, 9.17) is 0 Å². The first-order chi connectivity index (χ1) is 8.11. The third kappa shape index (κ3) is 2.56. The van der Waals surface area contributed by atoms with Crippen LogP contribution in [0, 0.1) is 6.92 Å². The van der Waals surface area contributed by atoms with Gasteiger partial charge >= 0.3 is 0 Å². The number of aryl methyl sites for hydroxylation is 1. The van der Waals surface area contributed by atoms with E-state index in [1.54, 1.807) is 11.3 Å². The zero-order valence-electron chi connectivity index (χ0n) is 10.4. The van der Waals surface area contributed by atoms with E-state index in [-0.39, 0.29) is 6.61 Å². The summed E-state index contributed by atoms with van der Waals surface area (Å²) < 4.78 is 0. The molecule has 1 aromatic carbocycles. The summed E-state index contributed by atoms with van der Waals surface area (Å²) in [6.45, 7) is 6.39. The second kappa shape index (κ2) is 4.98. The van der Waals surface area contributed by atoms with Crippen LogP contribution in [0.4, 0.5) is 0 Å². The van der Waals surface area contributed by atoms with E-state index < -0.39 is 0 Å². The molecule has 1 aromatic heterocycles. The third-order valence-electron chi connectivity index (χ3n) is 2.80. The Hall–Kier alpha value is -1.19. The molecule has 0 radical (unpaired) electrons. The van der Waals surface area contributed by atoms with Crippen molar-refractivity contribution in [3.8, 4) is 11.3 Å². The molecule has 3 heteroatoms. The van der Waals surface area contributed by atoms with E-state index >= 15 is 0 Å². The Labute approximate surface area is 106 Å². The van der Waals surface area contributed by atoms with Crippen LogP contribution in [0.5, 0.6) is 0 Å². The van der Waals surface area contributed by atoms with Gasteiger partial charge in [-0.25, -0.2) is 4.98 Å². The lowest BCUT2D eigenvalue weighted by Gasteiger charge is -2.06. The Balaban J connectivity index is 2.39. The minimum absolute atomic E-state index is 0.0623. The second-order valence-corrected chi connectivity index (χ2v) is 5.73. The molecule has 17 heavy (non-hydrogen) atoms. The van der Waals surface area contributed by atoms with Crippen LogP contribution in [-0.2, 0) is 6.61 Å². The average Bonchev–Trinajstić information content (AvgIpc) is 2.70. The molecule has 90 valence electrons. The predicted octanol–water partition coefficient (Wildman–Crippen LogP) is 3.73. The molecular formula is C14H17NOS. The number of aromatic nitrogens is 1. The van der Waals surface area contributed by atoms with Gasteiger partial charge in [0.2, 0.25) is 0 Å². The maximum atomic E-state index is 9.31. The van der Waals surface area contributed by atoms with E-state index in [1.165, 1.54) is 5.56 Å². The first-order valence-corrected chi connectivity index (χ1v) is 6.61. The van der Waals surface area contributed by atoms with E-state index in [2.05, 4.69) is 43.1 Å². The lowest BCUT2D eigenvalue weighted by molar-refractivity contribution is 0.286. The summed E-state index contributed by atoms with van der Waals surface area (Å²) in [6, 6.07) is 8.44. The molecule has 2 nitrogen and oxygen atoms in total. The van der Waals surface area contributed by atoms with E-state index in [0.29, 0.717) is 5.92 Å². The van der Waals surface area contributed by atoms with Crippen LogP contribution in [0.1, 0.15) is 35.2 Å². The number of aliphatic hydroxyl groups is 1. The van der Waals surface area contributed by atoms with E-state index in [0.717, 1.165) is 21.1 Å². The fourth-order valence-electron chi connectivity index (χ4n) is 1.83. The molecule has 1 heterocycles. The zero-order valence-corrected chi connectivity index (χ0v) is 11.2. The normalized spacial score (nSPS) is 11.1. The van der Waals surface area contributed by atoms with Crippen molar-refractivity contribution in [1.82, 2.24) is 4.98 Å². The number of nitrogens with zero attached hydrogens (tertiary/aromatic N) is 1. The minimum atomic E-state index is 0.0623. The Kier molecular flexibility index (Phi) is 3.60. The van der Waals surface area contributed by atoms with Crippen molar-refractivity contribution in [3.05, 3.63) is 39.7 Å². The monoisotopic (exact) mass is 247 g/mol. The van der Waals surface area contributed by atoms with Crippen LogP contribution < -0.4 is 0 Å². The molecule has 0 saturated heterocycles. The molecule has 0 saturated carbocycles. The van der Waals surface area contributed by atoms with Crippen molar-refractivity contribution in [2.24, 2.45) is 0 Å². The summed E-state index contributed by atoms with van der Waals surface area (Å²) in [5.74, 6) is 0.540. The van der Waals surface area contributed by atoms with Gasteiger partial charge in [0.25, 0.3) is 0 Å². The zero-order chi connectivity index (χ0) is 12.4. The Morgan fingerprint density at radius 3 is 2.41 bits per heavy atom. The molecule has 2 rings (SSSR count). The van der Waals surface area contributed by atoms with Gasteiger partial charge in [-0.05, 0) is 18.4 Å². The van der Waals surface area contributed by atoms with Gasteiger partial charge in [0.05, 0.1) is 22.2 Å². The quantitative estimate of drug-likeness (QED) is 0.896. The number of aliphatic hydroxyl groups excluding tert-OH is 1. The second-order valence-electron chi connectivity index (χ2n) is 4.44. The number of rotatable bonds is 3. The van der Waals surface area contributed by atoms with Crippen LogP contribution in [0.25, 0.3) is 11.3 Å². The smallest absolute Gasteiger partial charge is 0.0905 e. The fraction of sp³-hybridized carbons (Fsp3) is 0.357. The van der Waals surface area contributed by atoms with Gasteiger partial charge in [0, 0.05) is 5.56 Å². The molecule has 0 bridgehead atoms. The van der Waals surface area contributed by atoms with Crippen molar-refractivity contribution >= 4 is 11.3 Å². The lowest BCUT2D eigenvalue weighted by atomic mass is 10.0. The van der Waals surface area contributed by atoms with E-state index in [9.17, 15) is 5.11 Å². The van der Waals surface area contributed by atoms with Gasteiger partial charge in [-0.3, -0.25) is 0 Å². The highest BCUT2D eigenvalue weighted by molar-refractivity contribution is 7.12. The molecule has 0 amide bonds. The van der Waals surface area contributed by atoms with Crippen LogP contribution >= 0.6 is 11.3 Å². The molecule has 0 aliphatic carbocycles. The van der Waals surface area contributed by atoms with Crippen molar-refractivity contribution in [2.45, 2.75) is 33.3 Å². The van der Waals surface area contributed by atoms with Crippen molar-refractivity contribution in [1.29, 1.82) is 0 Å². The number of hydrogen-bond acceptors (Lipinski definition) is 3. The molecule has 0 spiro atoms. The molecule has 0 fully saturated rings. The summed E-state index contributed by atoms with van der Waals surface area (Å²) >= 11 is 1.56. The number of benzene rings is 1. The Bertz CT molecular complexity index is 499. The molecule has 0 unspecified atom stereocenters. The lowest BCUT2D eigenvalue weighted by Crippen LogP contribution is -1.89. The maximum Gasteiger partial charge on any atom is 0.0905 e. The van der Waals surface area contributed by atoms with Crippen LogP contribution in [0.2, 0.25) is 0 Å². The van der Waals surface area contributed by atoms with Crippen LogP contribution in [0.15, 0.2) is 24.3 Å². The first kappa shape index (κ1) is 12.3. The maximum absolute atomic E-state index is 9.31. The van der Waals surface area contributed by atoms with Gasteiger partial charge in [-0.15, -0.1) is 11.3 Å². The highest BCUT2D eigenvalue weighted by Gasteiger charge is 2.10. The summed E-state index contributed by atoms with van der Waals surface area (Å²) in [6.07, 6.45) is 0. The van der Waals surface area contributed by atoms with Crippen molar-refractivity contribution in [3.63, 3.8) is 0 Å². The standard InChI is InChI=1S/C14H17NOS/c1-9(2)11-4-6-12(7-5-11)14-13(8-16)17-10(3)15-14/h4-7,9,16H,8H2,1-3H3. The van der Waals surface area contributed by atoms with Crippen LogP contribution in [-0.4, -0.2) is 10.1 Å². The summed E-state index contributed by atoms with van der Waals surface area (Å²) in [5.41, 5.74) is 3.33. The van der Waals surface area contributed by atoms with Crippen molar-refractivity contribution < 1.29 is 5.11 Å². The third-order valence-corrected chi connectivity index (χ3v) is 3.75. The molecule has 2 aromatic rings. The average molecular weight is 247 g/mol. The van der Waals surface area contributed by atoms with Gasteiger partial charge in [0.15, 0.2) is 0 Å².